The van der Waals surface area contributed by atoms with Crippen molar-refractivity contribution in [1.29, 1.82) is 0 Å². The van der Waals surface area contributed by atoms with Crippen molar-refractivity contribution in [2.45, 2.75) is 83.3 Å². The number of ether oxygens (including phenoxy) is 2. The van der Waals surface area contributed by atoms with Gasteiger partial charge in [0.05, 0.1) is 12.2 Å². The minimum absolute atomic E-state index is 0.0373. The fraction of sp³-hybridized carbons (Fsp3) is 1.00. The summed E-state index contributed by atoms with van der Waals surface area (Å²) in [4.78, 5) is 0. The number of aliphatic hydroxyl groups excluding tert-OH is 1. The van der Waals surface area contributed by atoms with E-state index >= 15 is 0 Å². The topological polar surface area (TPSA) is 47.9 Å². The molecule has 20 heavy (non-hydrogen) atoms. The average Bonchev–Trinajstić information content (AvgIpc) is 2.70. The van der Waals surface area contributed by atoms with E-state index in [1.807, 2.05) is 13.8 Å². The van der Waals surface area contributed by atoms with E-state index in [1.165, 1.54) is 0 Å². The van der Waals surface area contributed by atoms with Gasteiger partial charge >= 0.3 is 0 Å². The molecule has 0 radical (unpaired) electrons. The number of hydrogen-bond donors (Lipinski definition) is 1. The van der Waals surface area contributed by atoms with Gasteiger partial charge in [-0.1, -0.05) is 20.8 Å². The molecular weight excluding hydrogens is 272 g/mol. The highest BCUT2D eigenvalue weighted by atomic mass is 28.4. The Kier molecular flexibility index (Phi) is 4.15. The van der Waals surface area contributed by atoms with Crippen molar-refractivity contribution in [3.8, 4) is 0 Å². The zero-order valence-corrected chi connectivity index (χ0v) is 14.9. The van der Waals surface area contributed by atoms with Crippen LogP contribution in [0.5, 0.6) is 0 Å². The summed E-state index contributed by atoms with van der Waals surface area (Å²) in [6, 6.07) is 0. The summed E-state index contributed by atoms with van der Waals surface area (Å²) >= 11 is 0. The van der Waals surface area contributed by atoms with Crippen LogP contribution in [0.3, 0.4) is 0 Å². The Bertz CT molecular complexity index is 361. The summed E-state index contributed by atoms with van der Waals surface area (Å²) in [6.07, 6.45) is 0.0395. The van der Waals surface area contributed by atoms with E-state index in [9.17, 15) is 5.11 Å². The van der Waals surface area contributed by atoms with E-state index < -0.39 is 20.2 Å². The summed E-state index contributed by atoms with van der Waals surface area (Å²) in [5.41, 5.74) is 0. The molecule has 0 unspecified atom stereocenters. The molecule has 1 saturated carbocycles. The van der Waals surface area contributed by atoms with Crippen molar-refractivity contribution in [2.75, 3.05) is 6.61 Å². The quantitative estimate of drug-likeness (QED) is 0.814. The van der Waals surface area contributed by atoms with Gasteiger partial charge in [0.25, 0.3) is 0 Å². The van der Waals surface area contributed by atoms with Crippen molar-refractivity contribution < 1.29 is 19.0 Å². The first-order valence-electron chi connectivity index (χ1n) is 7.61. The molecule has 0 spiro atoms. The molecule has 2 fully saturated rings. The van der Waals surface area contributed by atoms with Crippen LogP contribution in [-0.4, -0.2) is 44.1 Å². The van der Waals surface area contributed by atoms with Crippen molar-refractivity contribution in [3.05, 3.63) is 0 Å². The molecule has 1 N–H and O–H groups in total. The first kappa shape index (κ1) is 16.4. The van der Waals surface area contributed by atoms with E-state index in [2.05, 4.69) is 33.9 Å². The van der Waals surface area contributed by atoms with Crippen molar-refractivity contribution in [2.24, 2.45) is 5.92 Å². The highest BCUT2D eigenvalue weighted by Gasteiger charge is 2.54. The number of fused-ring (bicyclic) bond motifs is 1. The maximum absolute atomic E-state index is 10.1. The lowest BCUT2D eigenvalue weighted by atomic mass is 10.1. The fourth-order valence-electron chi connectivity index (χ4n) is 2.75. The van der Waals surface area contributed by atoms with Gasteiger partial charge in [0.1, 0.15) is 6.10 Å². The van der Waals surface area contributed by atoms with E-state index in [-0.39, 0.29) is 23.2 Å². The highest BCUT2D eigenvalue weighted by molar-refractivity contribution is 6.74. The predicted octanol–water partition coefficient (Wildman–Crippen LogP) is 2.91. The smallest absolute Gasteiger partial charge is 0.191 e. The van der Waals surface area contributed by atoms with Crippen LogP contribution in [-0.2, 0) is 13.9 Å². The molecule has 1 aliphatic heterocycles. The van der Waals surface area contributed by atoms with Crippen LogP contribution in [0.2, 0.25) is 18.1 Å². The molecule has 1 aliphatic carbocycles. The number of rotatable bonds is 3. The maximum Gasteiger partial charge on any atom is 0.191 e. The molecule has 5 heteroatoms. The Morgan fingerprint density at radius 1 is 1.20 bits per heavy atom. The Labute approximate surface area is 123 Å². The maximum atomic E-state index is 10.1. The first-order valence-corrected chi connectivity index (χ1v) is 10.5. The molecular formula is C15H30O4Si. The van der Waals surface area contributed by atoms with Gasteiger partial charge in [-0.2, -0.15) is 0 Å². The SMILES string of the molecule is CC1(C)O[C@@H]2[C@@H](CO[Si](C)(C)C(C)(C)C)C[C@@H](O)[C@@H]2O1. The lowest BCUT2D eigenvalue weighted by Gasteiger charge is -2.37. The van der Waals surface area contributed by atoms with Gasteiger partial charge in [0, 0.05) is 12.5 Å². The Morgan fingerprint density at radius 2 is 1.75 bits per heavy atom. The molecule has 0 aromatic carbocycles. The van der Waals surface area contributed by atoms with Gasteiger partial charge in [0.15, 0.2) is 14.1 Å². The van der Waals surface area contributed by atoms with E-state index in [0.29, 0.717) is 13.0 Å². The Balaban J connectivity index is 1.98. The van der Waals surface area contributed by atoms with Crippen LogP contribution in [0.15, 0.2) is 0 Å². The van der Waals surface area contributed by atoms with Crippen LogP contribution in [0, 0.1) is 5.92 Å². The largest absolute Gasteiger partial charge is 0.416 e. The van der Waals surface area contributed by atoms with Crippen LogP contribution in [0.25, 0.3) is 0 Å². The summed E-state index contributed by atoms with van der Waals surface area (Å²) in [7, 11) is -1.75. The molecule has 4 nitrogen and oxygen atoms in total. The molecule has 0 aromatic heterocycles. The lowest BCUT2D eigenvalue weighted by Crippen LogP contribution is -2.43. The van der Waals surface area contributed by atoms with E-state index in [4.69, 9.17) is 13.9 Å². The molecule has 1 saturated heterocycles. The average molecular weight is 302 g/mol. The third kappa shape index (κ3) is 3.12. The van der Waals surface area contributed by atoms with Crippen LogP contribution < -0.4 is 0 Å². The lowest BCUT2D eigenvalue weighted by molar-refractivity contribution is -0.167. The standard InChI is InChI=1S/C15H30O4Si/c1-14(2,3)20(6,7)17-9-10-8-11(16)13-12(10)18-15(4,5)19-13/h10-13,16H,8-9H2,1-7H3/t10-,11-,12-,13+/m1/s1. The van der Waals surface area contributed by atoms with Crippen LogP contribution >= 0.6 is 0 Å². The third-order valence-electron chi connectivity index (χ3n) is 5.02. The molecule has 0 aromatic rings. The molecule has 4 atom stereocenters. The number of aliphatic hydroxyl groups is 1. The molecule has 0 bridgehead atoms. The zero-order chi connectivity index (χ0) is 15.3. The van der Waals surface area contributed by atoms with Crippen LogP contribution in [0.1, 0.15) is 41.0 Å². The van der Waals surface area contributed by atoms with Crippen molar-refractivity contribution in [3.63, 3.8) is 0 Å². The predicted molar refractivity (Wildman–Crippen MR) is 81.1 cm³/mol. The number of hydrogen-bond acceptors (Lipinski definition) is 4. The monoisotopic (exact) mass is 302 g/mol. The molecule has 1 heterocycles. The first-order chi connectivity index (χ1) is 8.93. The third-order valence-corrected chi connectivity index (χ3v) is 9.52. The second-order valence-corrected chi connectivity index (χ2v) is 13.0. The van der Waals surface area contributed by atoms with Gasteiger partial charge in [-0.15, -0.1) is 0 Å². The summed E-state index contributed by atoms with van der Waals surface area (Å²) in [5, 5.41) is 10.3. The normalized spacial score (nSPS) is 37.2. The molecule has 0 amide bonds. The summed E-state index contributed by atoms with van der Waals surface area (Å²) < 4.78 is 18.1. The van der Waals surface area contributed by atoms with Gasteiger partial charge in [-0.25, -0.2) is 0 Å². The van der Waals surface area contributed by atoms with Crippen LogP contribution in [0.4, 0.5) is 0 Å². The molecule has 118 valence electrons. The Hall–Kier alpha value is 0.0569. The van der Waals surface area contributed by atoms with Crippen molar-refractivity contribution >= 4 is 8.32 Å². The van der Waals surface area contributed by atoms with Gasteiger partial charge in [-0.05, 0) is 38.4 Å². The van der Waals surface area contributed by atoms with Gasteiger partial charge < -0.3 is 19.0 Å². The molecule has 2 aliphatic rings. The Morgan fingerprint density at radius 3 is 2.30 bits per heavy atom. The summed E-state index contributed by atoms with van der Waals surface area (Å²) in [6.45, 7) is 15.7. The summed E-state index contributed by atoms with van der Waals surface area (Å²) in [5.74, 6) is -0.364. The van der Waals surface area contributed by atoms with Gasteiger partial charge in [0.2, 0.25) is 0 Å². The minimum atomic E-state index is -1.75. The minimum Gasteiger partial charge on any atom is -0.416 e. The second-order valence-electron chi connectivity index (χ2n) is 8.20. The molecule has 2 rings (SSSR count). The second kappa shape index (κ2) is 5.06. The van der Waals surface area contributed by atoms with Crippen molar-refractivity contribution in [1.82, 2.24) is 0 Å². The highest BCUT2D eigenvalue weighted by Crippen LogP contribution is 2.43. The van der Waals surface area contributed by atoms with Gasteiger partial charge in [-0.3, -0.25) is 0 Å². The zero-order valence-electron chi connectivity index (χ0n) is 13.9. The fourth-order valence-corrected chi connectivity index (χ4v) is 3.82. The van der Waals surface area contributed by atoms with E-state index in [1.54, 1.807) is 0 Å². The van der Waals surface area contributed by atoms with E-state index in [0.717, 1.165) is 0 Å².